The topological polar surface area (TPSA) is 138 Å². The van der Waals surface area contributed by atoms with Crippen LogP contribution in [0.2, 0.25) is 0 Å². The number of benzene rings is 1. The van der Waals surface area contributed by atoms with Crippen LogP contribution in [-0.4, -0.2) is 9.85 Å². The van der Waals surface area contributed by atoms with Gasteiger partial charge in [0.25, 0.3) is 0 Å². The first-order valence-electron chi connectivity index (χ1n) is 3.52. The van der Waals surface area contributed by atoms with Crippen molar-refractivity contribution in [2.75, 3.05) is 11.5 Å². The minimum atomic E-state index is -0.859. The maximum Gasteiger partial charge on any atom is 0.323 e. The number of rotatable bonds is 2. The number of nitro groups is 2. The predicted octanol–water partition coefficient (Wildman–Crippen LogP) is 1.43. The number of nitro benzene ring substituents is 2. The van der Waals surface area contributed by atoms with Crippen LogP contribution >= 0.6 is 15.9 Å². The lowest BCUT2D eigenvalue weighted by Crippen LogP contribution is -2.04. The molecule has 0 unspecified atom stereocenters. The summed E-state index contributed by atoms with van der Waals surface area (Å²) in [6.45, 7) is 0. The minimum absolute atomic E-state index is 0.0649. The molecule has 1 aromatic carbocycles. The fourth-order valence-electron chi connectivity index (χ4n) is 1.00. The summed E-state index contributed by atoms with van der Waals surface area (Å²) in [5, 5.41) is 21.1. The van der Waals surface area contributed by atoms with E-state index in [-0.39, 0.29) is 10.2 Å². The average Bonchev–Trinajstić information content (AvgIpc) is 2.10. The highest BCUT2D eigenvalue weighted by Gasteiger charge is 2.28. The Labute approximate surface area is 91.3 Å². The van der Waals surface area contributed by atoms with Gasteiger partial charge in [-0.05, 0) is 15.9 Å². The standard InChI is InChI=1S/C6H5BrN4O4/c7-2-1-3(10(12)13)5(9)6(4(2)8)11(14)15/h1H,8-9H2. The van der Waals surface area contributed by atoms with Crippen molar-refractivity contribution in [3.05, 3.63) is 30.8 Å². The predicted molar refractivity (Wildman–Crippen MR) is 56.3 cm³/mol. The average molecular weight is 277 g/mol. The molecule has 1 rings (SSSR count). The summed E-state index contributed by atoms with van der Waals surface area (Å²) in [7, 11) is 0. The van der Waals surface area contributed by atoms with E-state index in [1.807, 2.05) is 0 Å². The Morgan fingerprint density at radius 3 is 2.07 bits per heavy atom. The van der Waals surface area contributed by atoms with E-state index < -0.39 is 26.9 Å². The van der Waals surface area contributed by atoms with Crippen LogP contribution in [0.5, 0.6) is 0 Å². The van der Waals surface area contributed by atoms with E-state index in [1.54, 1.807) is 0 Å². The minimum Gasteiger partial charge on any atom is -0.392 e. The van der Waals surface area contributed by atoms with Gasteiger partial charge in [0.15, 0.2) is 5.69 Å². The molecule has 0 saturated carbocycles. The fourth-order valence-corrected chi connectivity index (χ4v) is 1.41. The summed E-state index contributed by atoms with van der Waals surface area (Å²) >= 11 is 2.88. The Balaban J connectivity index is 3.63. The molecular weight excluding hydrogens is 272 g/mol. The second-order valence-corrected chi connectivity index (χ2v) is 3.42. The molecule has 80 valence electrons. The summed E-state index contributed by atoms with van der Waals surface area (Å²) in [6, 6.07) is 1.03. The van der Waals surface area contributed by atoms with Gasteiger partial charge >= 0.3 is 11.4 Å². The Morgan fingerprint density at radius 2 is 1.67 bits per heavy atom. The molecule has 0 amide bonds. The lowest BCUT2D eigenvalue weighted by molar-refractivity contribution is -0.391. The number of nitrogens with two attached hydrogens (primary N) is 2. The SMILES string of the molecule is Nc1c(Br)cc([N+](=O)[O-])c(N)c1[N+](=O)[O-]. The lowest BCUT2D eigenvalue weighted by atomic mass is 10.2. The molecule has 0 aliphatic heterocycles. The molecule has 0 heterocycles. The van der Waals surface area contributed by atoms with E-state index in [1.165, 1.54) is 0 Å². The molecule has 0 aromatic heterocycles. The third kappa shape index (κ3) is 1.81. The molecule has 0 fully saturated rings. The van der Waals surface area contributed by atoms with E-state index in [2.05, 4.69) is 15.9 Å². The van der Waals surface area contributed by atoms with Crippen LogP contribution in [0.4, 0.5) is 22.7 Å². The van der Waals surface area contributed by atoms with Gasteiger partial charge in [0.05, 0.1) is 14.3 Å². The van der Waals surface area contributed by atoms with Crippen LogP contribution in [0.15, 0.2) is 10.5 Å². The Bertz CT molecular complexity index is 461. The van der Waals surface area contributed by atoms with Gasteiger partial charge in [-0.1, -0.05) is 0 Å². The van der Waals surface area contributed by atoms with Gasteiger partial charge in [-0.2, -0.15) is 0 Å². The highest BCUT2D eigenvalue weighted by Crippen LogP contribution is 2.41. The molecule has 0 aliphatic carbocycles. The zero-order valence-corrected chi connectivity index (χ0v) is 8.72. The molecule has 15 heavy (non-hydrogen) atoms. The van der Waals surface area contributed by atoms with Crippen molar-refractivity contribution in [2.45, 2.75) is 0 Å². The van der Waals surface area contributed by atoms with Crippen LogP contribution in [0.25, 0.3) is 0 Å². The molecule has 0 spiro atoms. The van der Waals surface area contributed by atoms with Crippen molar-refractivity contribution in [3.63, 3.8) is 0 Å². The van der Waals surface area contributed by atoms with Crippen molar-refractivity contribution in [3.8, 4) is 0 Å². The molecule has 0 radical (unpaired) electrons. The van der Waals surface area contributed by atoms with Crippen LogP contribution in [0.3, 0.4) is 0 Å². The Morgan fingerprint density at radius 1 is 1.13 bits per heavy atom. The number of nitrogens with zero attached hydrogens (tertiary/aromatic N) is 2. The first-order chi connectivity index (χ1) is 6.86. The van der Waals surface area contributed by atoms with Gasteiger partial charge in [-0.25, -0.2) is 0 Å². The van der Waals surface area contributed by atoms with Crippen LogP contribution in [-0.2, 0) is 0 Å². The van der Waals surface area contributed by atoms with E-state index in [4.69, 9.17) is 11.5 Å². The van der Waals surface area contributed by atoms with Gasteiger partial charge in [-0.3, -0.25) is 20.2 Å². The van der Waals surface area contributed by atoms with Gasteiger partial charge in [0.2, 0.25) is 0 Å². The highest BCUT2D eigenvalue weighted by molar-refractivity contribution is 9.10. The molecule has 4 N–H and O–H groups in total. The first kappa shape index (κ1) is 11.2. The van der Waals surface area contributed by atoms with Crippen LogP contribution < -0.4 is 11.5 Å². The quantitative estimate of drug-likeness (QED) is 0.476. The molecule has 0 aliphatic rings. The van der Waals surface area contributed by atoms with Gasteiger partial charge in [0.1, 0.15) is 5.69 Å². The summed E-state index contributed by atoms with van der Waals surface area (Å²) in [6.07, 6.45) is 0. The van der Waals surface area contributed by atoms with E-state index >= 15 is 0 Å². The molecule has 0 atom stereocenters. The monoisotopic (exact) mass is 276 g/mol. The zero-order valence-electron chi connectivity index (χ0n) is 7.14. The largest absolute Gasteiger partial charge is 0.392 e. The van der Waals surface area contributed by atoms with Crippen molar-refractivity contribution in [1.82, 2.24) is 0 Å². The van der Waals surface area contributed by atoms with E-state index in [9.17, 15) is 20.2 Å². The third-order valence-electron chi connectivity index (χ3n) is 1.69. The molecular formula is C6H5BrN4O4. The van der Waals surface area contributed by atoms with Crippen LogP contribution in [0, 0.1) is 20.2 Å². The van der Waals surface area contributed by atoms with Gasteiger partial charge in [-0.15, -0.1) is 0 Å². The Hall–Kier alpha value is -1.90. The van der Waals surface area contributed by atoms with Crippen molar-refractivity contribution in [1.29, 1.82) is 0 Å². The third-order valence-corrected chi connectivity index (χ3v) is 2.34. The number of anilines is 2. The number of hydrogen-bond donors (Lipinski definition) is 2. The van der Waals surface area contributed by atoms with Crippen molar-refractivity contribution in [2.24, 2.45) is 0 Å². The van der Waals surface area contributed by atoms with Crippen molar-refractivity contribution >= 4 is 38.7 Å². The smallest absolute Gasteiger partial charge is 0.323 e. The second-order valence-electron chi connectivity index (χ2n) is 2.57. The Kier molecular flexibility index (Phi) is 2.75. The molecule has 0 bridgehead atoms. The zero-order chi connectivity index (χ0) is 11.7. The summed E-state index contributed by atoms with van der Waals surface area (Å²) in [4.78, 5) is 19.4. The number of hydrogen-bond acceptors (Lipinski definition) is 6. The first-order valence-corrected chi connectivity index (χ1v) is 4.31. The maximum atomic E-state index is 10.6. The fraction of sp³-hybridized carbons (Fsp3) is 0. The summed E-state index contributed by atoms with van der Waals surface area (Å²) < 4.78 is 0.0649. The molecule has 8 nitrogen and oxygen atoms in total. The highest BCUT2D eigenvalue weighted by atomic mass is 79.9. The van der Waals surface area contributed by atoms with Crippen LogP contribution in [0.1, 0.15) is 0 Å². The van der Waals surface area contributed by atoms with Gasteiger partial charge in [0, 0.05) is 6.07 Å². The van der Waals surface area contributed by atoms with Gasteiger partial charge < -0.3 is 11.5 Å². The molecule has 9 heteroatoms. The molecule has 0 saturated heterocycles. The second kappa shape index (κ2) is 3.69. The van der Waals surface area contributed by atoms with E-state index in [0.717, 1.165) is 6.07 Å². The normalized spacial score (nSPS) is 9.93. The summed E-state index contributed by atoms with van der Waals surface area (Å²) in [5.74, 6) is 0. The summed E-state index contributed by atoms with van der Waals surface area (Å²) in [5.41, 5.74) is 8.64. The number of nitrogen functional groups attached to an aromatic ring is 2. The lowest BCUT2D eigenvalue weighted by Gasteiger charge is -2.03. The number of halogens is 1. The van der Waals surface area contributed by atoms with E-state index in [0.29, 0.717) is 0 Å². The maximum absolute atomic E-state index is 10.6. The molecule has 1 aromatic rings. The van der Waals surface area contributed by atoms with Crippen molar-refractivity contribution < 1.29 is 9.85 Å².